The number of hydrogen-bond donors (Lipinski definition) is 1. The molecule has 0 amide bonds. The second-order valence-corrected chi connectivity index (χ2v) is 6.16. The number of benzene rings is 2. The van der Waals surface area contributed by atoms with Crippen LogP contribution in [0.25, 0.3) is 20.2 Å². The molecule has 0 radical (unpaired) electrons. The molecule has 0 atom stereocenters. The van der Waals surface area contributed by atoms with Crippen LogP contribution in [0.5, 0.6) is 5.75 Å². The zero-order chi connectivity index (χ0) is 14.1. The highest BCUT2D eigenvalue weighted by Crippen LogP contribution is 2.27. The average molecular weight is 286 g/mol. The van der Waals surface area contributed by atoms with Gasteiger partial charge in [0.05, 0.1) is 14.1 Å². The van der Waals surface area contributed by atoms with Gasteiger partial charge in [0.2, 0.25) is 6.73 Å². The predicted molar refractivity (Wildman–Crippen MR) is 83.9 cm³/mol. The van der Waals surface area contributed by atoms with Crippen molar-refractivity contribution in [2.75, 3.05) is 20.8 Å². The Hall–Kier alpha value is -1.91. The van der Waals surface area contributed by atoms with Crippen molar-refractivity contribution in [3.63, 3.8) is 0 Å². The fourth-order valence-electron chi connectivity index (χ4n) is 2.10. The Morgan fingerprint density at radius 3 is 2.60 bits per heavy atom. The SMILES string of the molecule is C[NH+](C)COc1ccc2c(=O)c3ccccc3sc2c1. The summed E-state index contributed by atoms with van der Waals surface area (Å²) in [6, 6.07) is 13.4. The van der Waals surface area contributed by atoms with Gasteiger partial charge in [-0.25, -0.2) is 0 Å². The lowest BCUT2D eigenvalue weighted by atomic mass is 10.2. The van der Waals surface area contributed by atoms with E-state index in [-0.39, 0.29) is 5.43 Å². The smallest absolute Gasteiger partial charge is 0.222 e. The lowest BCUT2D eigenvalue weighted by Crippen LogP contribution is -3.06. The van der Waals surface area contributed by atoms with Crippen LogP contribution in [-0.4, -0.2) is 20.8 Å². The van der Waals surface area contributed by atoms with E-state index in [1.165, 1.54) is 4.90 Å². The van der Waals surface area contributed by atoms with Gasteiger partial charge in [-0.05, 0) is 30.3 Å². The van der Waals surface area contributed by atoms with Crippen LogP contribution in [0.15, 0.2) is 47.3 Å². The molecule has 2 aromatic carbocycles. The molecular formula is C16H16NO2S+. The first-order chi connectivity index (χ1) is 9.65. The van der Waals surface area contributed by atoms with Crippen molar-refractivity contribution in [3.05, 3.63) is 52.7 Å². The fourth-order valence-corrected chi connectivity index (χ4v) is 3.20. The van der Waals surface area contributed by atoms with Gasteiger partial charge in [-0.3, -0.25) is 4.79 Å². The summed E-state index contributed by atoms with van der Waals surface area (Å²) in [5.41, 5.74) is 0.0964. The molecule has 4 heteroatoms. The lowest BCUT2D eigenvalue weighted by molar-refractivity contribution is -0.875. The second-order valence-electron chi connectivity index (χ2n) is 5.08. The molecule has 0 spiro atoms. The Morgan fingerprint density at radius 1 is 1.05 bits per heavy atom. The standard InChI is InChI=1S/C16H15NO2S/c1-17(2)10-19-11-7-8-13-15(9-11)20-14-6-4-3-5-12(14)16(13)18/h3-9H,10H2,1-2H3/p+1. The van der Waals surface area contributed by atoms with Crippen LogP contribution in [0.4, 0.5) is 0 Å². The molecule has 102 valence electrons. The third kappa shape index (κ3) is 2.40. The van der Waals surface area contributed by atoms with Gasteiger partial charge >= 0.3 is 0 Å². The number of nitrogens with one attached hydrogen (secondary N) is 1. The van der Waals surface area contributed by atoms with E-state index in [2.05, 4.69) is 0 Å². The van der Waals surface area contributed by atoms with E-state index in [0.717, 1.165) is 25.9 Å². The Kier molecular flexibility index (Phi) is 3.42. The van der Waals surface area contributed by atoms with Crippen LogP contribution in [-0.2, 0) is 0 Å². The quantitative estimate of drug-likeness (QED) is 0.589. The summed E-state index contributed by atoms with van der Waals surface area (Å²) in [7, 11) is 4.07. The minimum Gasteiger partial charge on any atom is -0.445 e. The molecule has 0 aliphatic rings. The zero-order valence-electron chi connectivity index (χ0n) is 11.5. The lowest BCUT2D eigenvalue weighted by Gasteiger charge is -2.10. The van der Waals surface area contributed by atoms with Crippen LogP contribution in [0, 0.1) is 0 Å². The molecule has 0 unspecified atom stereocenters. The molecule has 1 N–H and O–H groups in total. The summed E-state index contributed by atoms with van der Waals surface area (Å²) in [5.74, 6) is 0.810. The largest absolute Gasteiger partial charge is 0.445 e. The monoisotopic (exact) mass is 286 g/mol. The molecule has 3 nitrogen and oxygen atoms in total. The van der Waals surface area contributed by atoms with Gasteiger partial charge in [0.15, 0.2) is 5.43 Å². The summed E-state index contributed by atoms with van der Waals surface area (Å²) < 4.78 is 7.68. The van der Waals surface area contributed by atoms with Crippen LogP contribution in [0.3, 0.4) is 0 Å². The molecule has 1 heterocycles. The van der Waals surface area contributed by atoms with Gasteiger partial charge in [0, 0.05) is 20.2 Å². The summed E-state index contributed by atoms with van der Waals surface area (Å²) >= 11 is 1.63. The fraction of sp³-hybridized carbons (Fsp3) is 0.188. The van der Waals surface area contributed by atoms with Crippen molar-refractivity contribution >= 4 is 31.5 Å². The highest BCUT2D eigenvalue weighted by Gasteiger charge is 2.07. The molecule has 3 rings (SSSR count). The van der Waals surface area contributed by atoms with Gasteiger partial charge < -0.3 is 9.64 Å². The average Bonchev–Trinajstić information content (AvgIpc) is 2.45. The molecule has 0 fully saturated rings. The minimum absolute atomic E-state index is 0.0964. The maximum Gasteiger partial charge on any atom is 0.222 e. The third-order valence-corrected chi connectivity index (χ3v) is 4.21. The minimum atomic E-state index is 0.0964. The molecule has 1 aromatic heterocycles. The summed E-state index contributed by atoms with van der Waals surface area (Å²) in [6.45, 7) is 0.605. The van der Waals surface area contributed by atoms with E-state index in [9.17, 15) is 4.79 Å². The van der Waals surface area contributed by atoms with Crippen LogP contribution < -0.4 is 15.1 Å². The highest BCUT2D eigenvalue weighted by atomic mass is 32.1. The topological polar surface area (TPSA) is 30.7 Å². The summed E-state index contributed by atoms with van der Waals surface area (Å²) in [5, 5.41) is 1.55. The number of hydrogen-bond acceptors (Lipinski definition) is 3. The number of rotatable bonds is 3. The second kappa shape index (κ2) is 5.23. The maximum atomic E-state index is 12.4. The van der Waals surface area contributed by atoms with Gasteiger partial charge in [-0.2, -0.15) is 0 Å². The third-order valence-electron chi connectivity index (χ3n) is 3.08. The van der Waals surface area contributed by atoms with E-state index in [0.29, 0.717) is 6.73 Å². The maximum absolute atomic E-state index is 12.4. The van der Waals surface area contributed by atoms with E-state index < -0.39 is 0 Å². The van der Waals surface area contributed by atoms with Gasteiger partial charge in [0.1, 0.15) is 5.75 Å². The first kappa shape index (κ1) is 13.1. The number of fused-ring (bicyclic) bond motifs is 2. The van der Waals surface area contributed by atoms with Crippen molar-refractivity contribution in [3.8, 4) is 5.75 Å². The molecule has 0 aliphatic carbocycles. The van der Waals surface area contributed by atoms with E-state index in [1.54, 1.807) is 11.3 Å². The highest BCUT2D eigenvalue weighted by molar-refractivity contribution is 7.24. The van der Waals surface area contributed by atoms with Crippen molar-refractivity contribution in [2.24, 2.45) is 0 Å². The first-order valence-corrected chi connectivity index (χ1v) is 7.34. The van der Waals surface area contributed by atoms with E-state index in [1.807, 2.05) is 56.6 Å². The molecule has 0 saturated carbocycles. The summed E-state index contributed by atoms with van der Waals surface area (Å²) in [6.07, 6.45) is 0. The van der Waals surface area contributed by atoms with Crippen molar-refractivity contribution in [1.29, 1.82) is 0 Å². The molecular weight excluding hydrogens is 270 g/mol. The Labute approximate surface area is 121 Å². The van der Waals surface area contributed by atoms with Crippen LogP contribution in [0.1, 0.15) is 0 Å². The van der Waals surface area contributed by atoms with Crippen molar-refractivity contribution in [2.45, 2.75) is 0 Å². The van der Waals surface area contributed by atoms with Gasteiger partial charge in [-0.15, -0.1) is 11.3 Å². The Morgan fingerprint density at radius 2 is 1.80 bits per heavy atom. The van der Waals surface area contributed by atoms with E-state index in [4.69, 9.17) is 4.74 Å². The molecule has 0 bridgehead atoms. The zero-order valence-corrected chi connectivity index (χ0v) is 12.3. The van der Waals surface area contributed by atoms with E-state index >= 15 is 0 Å². The van der Waals surface area contributed by atoms with Crippen LogP contribution >= 0.6 is 11.3 Å². The van der Waals surface area contributed by atoms with Gasteiger partial charge in [0.25, 0.3) is 0 Å². The molecule has 3 aromatic rings. The van der Waals surface area contributed by atoms with Crippen molar-refractivity contribution < 1.29 is 9.64 Å². The number of ether oxygens (including phenoxy) is 1. The molecule has 0 saturated heterocycles. The van der Waals surface area contributed by atoms with Crippen LogP contribution in [0.2, 0.25) is 0 Å². The predicted octanol–water partition coefficient (Wildman–Crippen LogP) is 1.90. The van der Waals surface area contributed by atoms with Gasteiger partial charge in [-0.1, -0.05) is 12.1 Å². The van der Waals surface area contributed by atoms with Crippen molar-refractivity contribution in [1.82, 2.24) is 0 Å². The Bertz CT molecular complexity index is 823. The Balaban J connectivity index is 2.14. The molecule has 20 heavy (non-hydrogen) atoms. The summed E-state index contributed by atoms with van der Waals surface area (Å²) in [4.78, 5) is 13.6. The number of quaternary nitrogens is 1. The first-order valence-electron chi connectivity index (χ1n) is 6.52. The molecule has 0 aliphatic heterocycles. The normalized spacial score (nSPS) is 11.3.